The van der Waals surface area contributed by atoms with Gasteiger partial charge in [0.05, 0.1) is 6.61 Å². The number of benzene rings is 2. The molecule has 0 unspecified atom stereocenters. The molecule has 1 N–H and O–H groups in total. The molecule has 2 aromatic rings. The van der Waals surface area contributed by atoms with Crippen molar-refractivity contribution in [3.8, 4) is 5.75 Å². The van der Waals surface area contributed by atoms with Crippen LogP contribution >= 0.6 is 12.2 Å². The molecule has 0 saturated heterocycles. The summed E-state index contributed by atoms with van der Waals surface area (Å²) < 4.78 is 5.46. The number of aryl methyl sites for hydroxylation is 1. The molecule has 122 valence electrons. The molecule has 2 rings (SSSR count). The van der Waals surface area contributed by atoms with Crippen LogP contribution < -0.4 is 10.1 Å². The van der Waals surface area contributed by atoms with E-state index in [2.05, 4.69) is 43.4 Å². The molecule has 0 radical (unpaired) electrons. The van der Waals surface area contributed by atoms with Gasteiger partial charge in [-0.1, -0.05) is 24.3 Å². The number of ether oxygens (including phenoxy) is 1. The van der Waals surface area contributed by atoms with Gasteiger partial charge < -0.3 is 15.0 Å². The molecule has 0 fully saturated rings. The summed E-state index contributed by atoms with van der Waals surface area (Å²) >= 11 is 5.52. The lowest BCUT2D eigenvalue weighted by molar-refractivity contribution is 0.340. The zero-order valence-electron chi connectivity index (χ0n) is 14.2. The number of nitrogens with zero attached hydrogens (tertiary/aromatic N) is 1. The second-order valence-corrected chi connectivity index (χ2v) is 6.00. The minimum Gasteiger partial charge on any atom is -0.494 e. The van der Waals surface area contributed by atoms with Crippen LogP contribution in [-0.4, -0.2) is 23.7 Å². The molecule has 23 heavy (non-hydrogen) atoms. The van der Waals surface area contributed by atoms with Crippen LogP contribution in [0.4, 0.5) is 5.69 Å². The Labute approximate surface area is 144 Å². The van der Waals surface area contributed by atoms with Crippen molar-refractivity contribution in [2.45, 2.75) is 27.3 Å². The van der Waals surface area contributed by atoms with Crippen molar-refractivity contribution in [3.63, 3.8) is 0 Å². The normalized spacial score (nSPS) is 10.3. The van der Waals surface area contributed by atoms with E-state index in [0.717, 1.165) is 18.0 Å². The Kier molecular flexibility index (Phi) is 5.99. The Morgan fingerprint density at radius 3 is 2.48 bits per heavy atom. The van der Waals surface area contributed by atoms with Gasteiger partial charge in [-0.05, 0) is 67.9 Å². The first-order valence-electron chi connectivity index (χ1n) is 7.81. The Hall–Kier alpha value is -2.07. The molecular weight excluding hydrogens is 304 g/mol. The van der Waals surface area contributed by atoms with E-state index >= 15 is 0 Å². The van der Waals surface area contributed by atoms with Crippen molar-refractivity contribution in [2.24, 2.45) is 0 Å². The summed E-state index contributed by atoms with van der Waals surface area (Å²) in [4.78, 5) is 2.03. The van der Waals surface area contributed by atoms with Crippen molar-refractivity contribution in [3.05, 3.63) is 59.2 Å². The molecule has 3 nitrogen and oxygen atoms in total. The lowest BCUT2D eigenvalue weighted by atomic mass is 10.1. The summed E-state index contributed by atoms with van der Waals surface area (Å²) in [5.74, 6) is 0.898. The fourth-order valence-corrected chi connectivity index (χ4v) is 2.48. The predicted octanol–water partition coefficient (Wildman–Crippen LogP) is 4.53. The molecule has 0 saturated carbocycles. The van der Waals surface area contributed by atoms with Crippen molar-refractivity contribution in [2.75, 3.05) is 19.0 Å². The highest BCUT2D eigenvalue weighted by Gasteiger charge is 2.08. The predicted molar refractivity (Wildman–Crippen MR) is 101 cm³/mol. The molecule has 0 spiro atoms. The van der Waals surface area contributed by atoms with E-state index in [1.165, 1.54) is 16.7 Å². The molecule has 0 atom stereocenters. The number of anilines is 1. The van der Waals surface area contributed by atoms with Crippen LogP contribution in [0, 0.1) is 13.8 Å². The van der Waals surface area contributed by atoms with Gasteiger partial charge in [0.1, 0.15) is 5.75 Å². The van der Waals surface area contributed by atoms with Gasteiger partial charge in [0.15, 0.2) is 5.11 Å². The van der Waals surface area contributed by atoms with Crippen molar-refractivity contribution < 1.29 is 4.74 Å². The second kappa shape index (κ2) is 7.97. The van der Waals surface area contributed by atoms with Gasteiger partial charge in [-0.15, -0.1) is 0 Å². The van der Waals surface area contributed by atoms with E-state index in [0.29, 0.717) is 11.7 Å². The zero-order chi connectivity index (χ0) is 16.8. The van der Waals surface area contributed by atoms with E-state index < -0.39 is 0 Å². The lowest BCUT2D eigenvalue weighted by Gasteiger charge is -2.22. The first-order chi connectivity index (χ1) is 11.0. The average molecular weight is 328 g/mol. The van der Waals surface area contributed by atoms with Crippen LogP contribution in [0.25, 0.3) is 0 Å². The topological polar surface area (TPSA) is 24.5 Å². The standard InChI is InChI=1S/C19H24N2OS/c1-5-22-17-11-9-16(10-12-17)13-21(4)19(23)20-18-8-6-7-14(2)15(18)3/h6-12H,5,13H2,1-4H3,(H,20,23). The van der Waals surface area contributed by atoms with Gasteiger partial charge >= 0.3 is 0 Å². The molecule has 0 heterocycles. The van der Waals surface area contributed by atoms with E-state index in [4.69, 9.17) is 17.0 Å². The molecule has 2 aromatic carbocycles. The quantitative estimate of drug-likeness (QED) is 0.815. The third kappa shape index (κ3) is 4.70. The minimum atomic E-state index is 0.684. The Balaban J connectivity index is 1.98. The maximum absolute atomic E-state index is 5.52. The molecule has 4 heteroatoms. The summed E-state index contributed by atoms with van der Waals surface area (Å²) in [7, 11) is 2.00. The maximum atomic E-state index is 5.52. The summed E-state index contributed by atoms with van der Waals surface area (Å²) in [5.41, 5.74) is 4.74. The molecule has 0 aromatic heterocycles. The van der Waals surface area contributed by atoms with Crippen LogP contribution in [0.15, 0.2) is 42.5 Å². The van der Waals surface area contributed by atoms with E-state index in [1.807, 2.05) is 37.1 Å². The SMILES string of the molecule is CCOc1ccc(CN(C)C(=S)Nc2cccc(C)c2C)cc1. The Morgan fingerprint density at radius 1 is 1.13 bits per heavy atom. The molecule has 0 bridgehead atoms. The number of hydrogen-bond donors (Lipinski definition) is 1. The van der Waals surface area contributed by atoms with Crippen LogP contribution in [0.2, 0.25) is 0 Å². The van der Waals surface area contributed by atoms with E-state index in [9.17, 15) is 0 Å². The van der Waals surface area contributed by atoms with Crippen LogP contribution in [0.5, 0.6) is 5.75 Å². The summed E-state index contributed by atoms with van der Waals surface area (Å²) in [6.45, 7) is 7.63. The Bertz CT molecular complexity index is 668. The van der Waals surface area contributed by atoms with Gasteiger partial charge in [0, 0.05) is 19.3 Å². The second-order valence-electron chi connectivity index (χ2n) is 5.61. The number of rotatable bonds is 5. The maximum Gasteiger partial charge on any atom is 0.173 e. The smallest absolute Gasteiger partial charge is 0.173 e. The van der Waals surface area contributed by atoms with Crippen molar-refractivity contribution >= 4 is 23.0 Å². The van der Waals surface area contributed by atoms with Crippen LogP contribution in [0.3, 0.4) is 0 Å². The highest BCUT2D eigenvalue weighted by Crippen LogP contribution is 2.19. The number of nitrogens with one attached hydrogen (secondary N) is 1. The van der Waals surface area contributed by atoms with Gasteiger partial charge in [-0.3, -0.25) is 0 Å². The summed E-state index contributed by atoms with van der Waals surface area (Å²) in [6, 6.07) is 14.3. The highest BCUT2D eigenvalue weighted by atomic mass is 32.1. The molecule has 0 amide bonds. The average Bonchev–Trinajstić information content (AvgIpc) is 2.54. The highest BCUT2D eigenvalue weighted by molar-refractivity contribution is 7.80. The van der Waals surface area contributed by atoms with Crippen LogP contribution in [0.1, 0.15) is 23.6 Å². The minimum absolute atomic E-state index is 0.684. The lowest BCUT2D eigenvalue weighted by Crippen LogP contribution is -2.30. The molecular formula is C19H24N2OS. The van der Waals surface area contributed by atoms with E-state index in [-0.39, 0.29) is 0 Å². The first-order valence-corrected chi connectivity index (χ1v) is 8.22. The zero-order valence-corrected chi connectivity index (χ0v) is 15.0. The van der Waals surface area contributed by atoms with Gasteiger partial charge in [0.2, 0.25) is 0 Å². The summed E-state index contributed by atoms with van der Waals surface area (Å²) in [6.07, 6.45) is 0. The monoisotopic (exact) mass is 328 g/mol. The molecule has 0 aliphatic carbocycles. The van der Waals surface area contributed by atoms with Crippen molar-refractivity contribution in [1.29, 1.82) is 0 Å². The summed E-state index contributed by atoms with van der Waals surface area (Å²) in [5, 5.41) is 4.05. The van der Waals surface area contributed by atoms with Gasteiger partial charge in [-0.25, -0.2) is 0 Å². The number of hydrogen-bond acceptors (Lipinski definition) is 2. The third-order valence-electron chi connectivity index (χ3n) is 3.85. The first kappa shape index (κ1) is 17.3. The third-order valence-corrected chi connectivity index (χ3v) is 4.26. The fraction of sp³-hybridized carbons (Fsp3) is 0.316. The van der Waals surface area contributed by atoms with Gasteiger partial charge in [-0.2, -0.15) is 0 Å². The fourth-order valence-electron chi connectivity index (χ4n) is 2.30. The van der Waals surface area contributed by atoms with Crippen molar-refractivity contribution in [1.82, 2.24) is 4.90 Å². The van der Waals surface area contributed by atoms with Crippen LogP contribution in [-0.2, 0) is 6.54 Å². The Morgan fingerprint density at radius 2 is 1.83 bits per heavy atom. The van der Waals surface area contributed by atoms with Gasteiger partial charge in [0.25, 0.3) is 0 Å². The molecule has 0 aliphatic rings. The van der Waals surface area contributed by atoms with E-state index in [1.54, 1.807) is 0 Å². The largest absolute Gasteiger partial charge is 0.494 e. The molecule has 0 aliphatic heterocycles. The number of thiocarbonyl (C=S) groups is 1.